The number of ether oxygens (including phenoxy) is 4. The molecule has 0 atom stereocenters. The first-order valence-corrected chi connectivity index (χ1v) is 12.7. The maximum atomic E-state index is 12.4. The molecule has 3 aromatic rings. The van der Waals surface area contributed by atoms with E-state index in [1.54, 1.807) is 24.3 Å². The predicted octanol–water partition coefficient (Wildman–Crippen LogP) is 4.26. The number of carbonyl (C=O) groups excluding carboxylic acids is 3. The SMILES string of the molecule is C=CC(=O)OCCCCOc1ccc(C(=O)Oc2ccc(OC(=O)c3ccccc3S(=O)(=O)O)cc2)cc1. The van der Waals surface area contributed by atoms with Crippen LogP contribution in [-0.2, 0) is 19.6 Å². The molecule has 10 nitrogen and oxygen atoms in total. The van der Waals surface area contributed by atoms with Crippen molar-refractivity contribution in [2.24, 2.45) is 0 Å². The monoisotopic (exact) mass is 540 g/mol. The van der Waals surface area contributed by atoms with Crippen molar-refractivity contribution in [1.82, 2.24) is 0 Å². The van der Waals surface area contributed by atoms with Crippen molar-refractivity contribution >= 4 is 28.0 Å². The van der Waals surface area contributed by atoms with Gasteiger partial charge in [-0.15, -0.1) is 0 Å². The average Bonchev–Trinajstić information content (AvgIpc) is 2.91. The van der Waals surface area contributed by atoms with Gasteiger partial charge in [-0.25, -0.2) is 14.4 Å². The van der Waals surface area contributed by atoms with Crippen molar-refractivity contribution in [2.75, 3.05) is 13.2 Å². The van der Waals surface area contributed by atoms with Crippen LogP contribution in [0.3, 0.4) is 0 Å². The van der Waals surface area contributed by atoms with Crippen molar-refractivity contribution in [3.05, 3.63) is 96.6 Å². The average molecular weight is 541 g/mol. The Morgan fingerprint density at radius 1 is 0.763 bits per heavy atom. The maximum absolute atomic E-state index is 12.4. The molecule has 1 N–H and O–H groups in total. The molecule has 0 aliphatic carbocycles. The Kier molecular flexibility index (Phi) is 9.74. The lowest BCUT2D eigenvalue weighted by atomic mass is 10.2. The van der Waals surface area contributed by atoms with E-state index in [-0.39, 0.29) is 29.2 Å². The van der Waals surface area contributed by atoms with Gasteiger partial charge in [-0.05, 0) is 73.5 Å². The van der Waals surface area contributed by atoms with Crippen LogP contribution >= 0.6 is 0 Å². The second-order valence-electron chi connectivity index (χ2n) is 7.67. The van der Waals surface area contributed by atoms with Gasteiger partial charge in [-0.3, -0.25) is 4.55 Å². The van der Waals surface area contributed by atoms with Gasteiger partial charge in [0.1, 0.15) is 22.1 Å². The highest BCUT2D eigenvalue weighted by molar-refractivity contribution is 7.86. The Hall–Kier alpha value is -4.48. The zero-order chi connectivity index (χ0) is 27.5. The minimum absolute atomic E-state index is 0.0697. The summed E-state index contributed by atoms with van der Waals surface area (Å²) in [6.07, 6.45) is 2.42. The fourth-order valence-corrected chi connectivity index (χ4v) is 3.76. The van der Waals surface area contributed by atoms with Crippen LogP contribution < -0.4 is 14.2 Å². The molecule has 0 heterocycles. The van der Waals surface area contributed by atoms with Gasteiger partial charge in [0.25, 0.3) is 10.1 Å². The van der Waals surface area contributed by atoms with E-state index in [9.17, 15) is 27.4 Å². The molecule has 0 aromatic heterocycles. The van der Waals surface area contributed by atoms with Gasteiger partial charge in [0.05, 0.1) is 24.3 Å². The van der Waals surface area contributed by atoms with Crippen LogP contribution in [0.25, 0.3) is 0 Å². The summed E-state index contributed by atoms with van der Waals surface area (Å²) in [4.78, 5) is 35.2. The molecule has 0 unspecified atom stereocenters. The molecule has 0 radical (unpaired) electrons. The topological polar surface area (TPSA) is 142 Å². The van der Waals surface area contributed by atoms with Crippen molar-refractivity contribution in [3.63, 3.8) is 0 Å². The van der Waals surface area contributed by atoms with Crippen LogP contribution in [0.2, 0.25) is 0 Å². The summed E-state index contributed by atoms with van der Waals surface area (Å²) >= 11 is 0. The number of esters is 3. The first-order chi connectivity index (χ1) is 18.2. The molecule has 38 heavy (non-hydrogen) atoms. The summed E-state index contributed by atoms with van der Waals surface area (Å²) < 4.78 is 53.2. The number of rotatable bonds is 12. The zero-order valence-corrected chi connectivity index (χ0v) is 20.9. The summed E-state index contributed by atoms with van der Waals surface area (Å²) in [6.45, 7) is 4.01. The molecule has 0 bridgehead atoms. The van der Waals surface area contributed by atoms with Gasteiger partial charge in [0, 0.05) is 6.08 Å². The molecule has 3 aromatic carbocycles. The highest BCUT2D eigenvalue weighted by atomic mass is 32.2. The van der Waals surface area contributed by atoms with Gasteiger partial charge >= 0.3 is 17.9 Å². The summed E-state index contributed by atoms with van der Waals surface area (Å²) in [6, 6.07) is 17.0. The molecule has 0 saturated carbocycles. The third-order valence-electron chi connectivity index (χ3n) is 4.94. The molecular weight excluding hydrogens is 516 g/mol. The lowest BCUT2D eigenvalue weighted by molar-refractivity contribution is -0.137. The minimum Gasteiger partial charge on any atom is -0.494 e. The molecule has 0 fully saturated rings. The number of hydrogen-bond acceptors (Lipinski definition) is 9. The fraction of sp³-hybridized carbons (Fsp3) is 0.148. The maximum Gasteiger partial charge on any atom is 0.344 e. The van der Waals surface area contributed by atoms with Gasteiger partial charge in [-0.2, -0.15) is 8.42 Å². The summed E-state index contributed by atoms with van der Waals surface area (Å²) in [7, 11) is -4.62. The Balaban J connectivity index is 1.49. The van der Waals surface area contributed by atoms with E-state index in [2.05, 4.69) is 6.58 Å². The summed E-state index contributed by atoms with van der Waals surface area (Å²) in [5, 5.41) is 0. The predicted molar refractivity (Wildman–Crippen MR) is 135 cm³/mol. The lowest BCUT2D eigenvalue weighted by Gasteiger charge is -2.09. The quantitative estimate of drug-likeness (QED) is 0.116. The van der Waals surface area contributed by atoms with E-state index < -0.39 is 32.9 Å². The standard InChI is InChI=1S/C27H24O10S/c1-2-25(28)35-18-6-5-17-34-20-11-9-19(10-12-20)26(29)36-21-13-15-22(16-14-21)37-27(30)23-7-3-4-8-24(23)38(31,32)33/h2-4,7-16H,1,5-6,17-18H2,(H,31,32,33). The van der Waals surface area contributed by atoms with Gasteiger partial charge in [-0.1, -0.05) is 18.7 Å². The van der Waals surface area contributed by atoms with E-state index >= 15 is 0 Å². The molecule has 11 heteroatoms. The van der Waals surface area contributed by atoms with Crippen molar-refractivity contribution in [3.8, 4) is 17.2 Å². The third kappa shape index (κ3) is 8.29. The molecule has 3 rings (SSSR count). The minimum atomic E-state index is -4.62. The van der Waals surface area contributed by atoms with Crippen LogP contribution in [0.5, 0.6) is 17.2 Å². The van der Waals surface area contributed by atoms with E-state index in [0.29, 0.717) is 25.2 Å². The van der Waals surface area contributed by atoms with Crippen molar-refractivity contribution in [1.29, 1.82) is 0 Å². The normalized spacial score (nSPS) is 10.8. The van der Waals surface area contributed by atoms with Crippen LogP contribution in [0, 0.1) is 0 Å². The second-order valence-corrected chi connectivity index (χ2v) is 9.06. The molecule has 0 aliphatic heterocycles. The van der Waals surface area contributed by atoms with E-state index in [1.807, 2.05) is 0 Å². The molecule has 198 valence electrons. The highest BCUT2D eigenvalue weighted by Gasteiger charge is 2.21. The van der Waals surface area contributed by atoms with Crippen LogP contribution in [-0.4, -0.2) is 44.1 Å². The lowest BCUT2D eigenvalue weighted by Crippen LogP contribution is -2.14. The van der Waals surface area contributed by atoms with Crippen LogP contribution in [0.4, 0.5) is 0 Å². The fourth-order valence-electron chi connectivity index (χ4n) is 3.08. The summed E-state index contributed by atoms with van der Waals surface area (Å²) in [5.74, 6) is -1.25. The number of hydrogen-bond donors (Lipinski definition) is 1. The van der Waals surface area contributed by atoms with Gasteiger partial charge in [0.15, 0.2) is 0 Å². The van der Waals surface area contributed by atoms with Crippen molar-refractivity contribution < 1.29 is 46.3 Å². The first-order valence-electron chi connectivity index (χ1n) is 11.3. The van der Waals surface area contributed by atoms with E-state index in [4.69, 9.17) is 18.9 Å². The van der Waals surface area contributed by atoms with Crippen molar-refractivity contribution in [2.45, 2.75) is 17.7 Å². The Morgan fingerprint density at radius 2 is 1.32 bits per heavy atom. The van der Waals surface area contributed by atoms with E-state index in [1.165, 1.54) is 42.5 Å². The number of unbranched alkanes of at least 4 members (excludes halogenated alkanes) is 1. The van der Waals surface area contributed by atoms with Crippen LogP contribution in [0.15, 0.2) is 90.3 Å². The third-order valence-corrected chi connectivity index (χ3v) is 5.85. The molecule has 0 saturated heterocycles. The highest BCUT2D eigenvalue weighted by Crippen LogP contribution is 2.22. The first kappa shape index (κ1) is 28.1. The smallest absolute Gasteiger partial charge is 0.344 e. The van der Waals surface area contributed by atoms with Gasteiger partial charge < -0.3 is 18.9 Å². The summed E-state index contributed by atoms with van der Waals surface area (Å²) in [5.41, 5.74) is -0.0436. The zero-order valence-electron chi connectivity index (χ0n) is 20.1. The molecular formula is C27H24O10S. The molecule has 0 aliphatic rings. The van der Waals surface area contributed by atoms with Crippen LogP contribution in [0.1, 0.15) is 33.6 Å². The number of benzene rings is 3. The Bertz CT molecular complexity index is 1390. The van der Waals surface area contributed by atoms with Gasteiger partial charge in [0.2, 0.25) is 0 Å². The molecule has 0 amide bonds. The van der Waals surface area contributed by atoms with E-state index in [0.717, 1.165) is 12.1 Å². The second kappa shape index (κ2) is 13.2. The Labute approximate surface area is 219 Å². The Morgan fingerprint density at radius 3 is 1.92 bits per heavy atom. The molecule has 0 spiro atoms. The largest absolute Gasteiger partial charge is 0.494 e. The number of carbonyl (C=O) groups is 3.